The van der Waals surface area contributed by atoms with Crippen molar-refractivity contribution in [3.05, 3.63) is 11.8 Å². The number of carbonyl (C=O) groups excluding carboxylic acids is 2. The lowest BCUT2D eigenvalue weighted by molar-refractivity contribution is -0.115. The minimum atomic E-state index is -0.551. The average Bonchev–Trinajstić information content (AvgIpc) is 2.13. The number of urea groups is 1. The lowest BCUT2D eigenvalue weighted by Gasteiger charge is -1.87. The molecule has 1 aliphatic heterocycles. The molecular weight excluding hydrogens is 136 g/mol. The van der Waals surface area contributed by atoms with Gasteiger partial charge in [-0.05, 0) is 6.08 Å². The SMILES string of the molecule is O=C1NC(=O)/C(=C\CO)N1. The quantitative estimate of drug-likeness (QED) is 0.314. The van der Waals surface area contributed by atoms with E-state index in [4.69, 9.17) is 5.11 Å². The summed E-state index contributed by atoms with van der Waals surface area (Å²) in [6, 6.07) is -0.551. The van der Waals surface area contributed by atoms with Crippen molar-refractivity contribution in [1.29, 1.82) is 0 Å². The maximum atomic E-state index is 10.6. The Balaban J connectivity index is 2.72. The molecule has 1 rings (SSSR count). The van der Waals surface area contributed by atoms with Crippen molar-refractivity contribution in [3.8, 4) is 0 Å². The third kappa shape index (κ3) is 1.14. The van der Waals surface area contributed by atoms with Crippen LogP contribution in [0.25, 0.3) is 0 Å². The van der Waals surface area contributed by atoms with Gasteiger partial charge in [-0.3, -0.25) is 10.1 Å². The molecule has 0 radical (unpaired) electrons. The van der Waals surface area contributed by atoms with Gasteiger partial charge in [0.25, 0.3) is 5.91 Å². The third-order valence-electron chi connectivity index (χ3n) is 1.02. The van der Waals surface area contributed by atoms with Crippen LogP contribution in [-0.4, -0.2) is 23.7 Å². The summed E-state index contributed by atoms with van der Waals surface area (Å²) in [5, 5.41) is 12.5. The topological polar surface area (TPSA) is 78.4 Å². The number of nitrogens with one attached hydrogen (secondary N) is 2. The molecule has 1 heterocycles. The second-order valence-corrected chi connectivity index (χ2v) is 1.71. The van der Waals surface area contributed by atoms with Crippen molar-refractivity contribution < 1.29 is 14.7 Å². The highest BCUT2D eigenvalue weighted by molar-refractivity contribution is 6.11. The molecular formula is C5H6N2O3. The molecule has 5 nitrogen and oxygen atoms in total. The fraction of sp³-hybridized carbons (Fsp3) is 0.200. The van der Waals surface area contributed by atoms with E-state index in [-0.39, 0.29) is 12.3 Å². The Labute approximate surface area is 56.7 Å². The third-order valence-corrected chi connectivity index (χ3v) is 1.02. The van der Waals surface area contributed by atoms with Gasteiger partial charge >= 0.3 is 6.03 Å². The van der Waals surface area contributed by atoms with Gasteiger partial charge in [0.05, 0.1) is 6.61 Å². The van der Waals surface area contributed by atoms with Crippen LogP contribution in [0.15, 0.2) is 11.8 Å². The first-order valence-corrected chi connectivity index (χ1v) is 2.67. The summed E-state index contributed by atoms with van der Waals surface area (Å²) in [6.45, 7) is -0.261. The highest BCUT2D eigenvalue weighted by atomic mass is 16.2. The van der Waals surface area contributed by atoms with E-state index in [0.29, 0.717) is 0 Å². The number of hydrogen-bond acceptors (Lipinski definition) is 3. The largest absolute Gasteiger partial charge is 0.392 e. The highest BCUT2D eigenvalue weighted by Gasteiger charge is 2.21. The number of rotatable bonds is 1. The Bertz CT molecular complexity index is 209. The smallest absolute Gasteiger partial charge is 0.326 e. The monoisotopic (exact) mass is 142 g/mol. The van der Waals surface area contributed by atoms with Gasteiger partial charge < -0.3 is 10.4 Å². The van der Waals surface area contributed by atoms with Crippen LogP contribution in [-0.2, 0) is 4.79 Å². The summed E-state index contributed by atoms with van der Waals surface area (Å²) in [7, 11) is 0. The minimum absolute atomic E-state index is 0.104. The van der Waals surface area contributed by atoms with E-state index in [2.05, 4.69) is 5.32 Å². The van der Waals surface area contributed by atoms with E-state index < -0.39 is 11.9 Å². The molecule has 5 heteroatoms. The highest BCUT2D eigenvalue weighted by Crippen LogP contribution is 1.94. The molecule has 1 aliphatic rings. The van der Waals surface area contributed by atoms with Gasteiger partial charge in [-0.1, -0.05) is 0 Å². The summed E-state index contributed by atoms with van der Waals surface area (Å²) in [5.74, 6) is -0.501. The lowest BCUT2D eigenvalue weighted by Crippen LogP contribution is -2.22. The Morgan fingerprint density at radius 3 is 2.50 bits per heavy atom. The van der Waals surface area contributed by atoms with Crippen molar-refractivity contribution in [2.24, 2.45) is 0 Å². The van der Waals surface area contributed by atoms with Gasteiger partial charge in [-0.25, -0.2) is 4.79 Å². The van der Waals surface area contributed by atoms with E-state index >= 15 is 0 Å². The molecule has 1 saturated heterocycles. The normalized spacial score (nSPS) is 21.1. The van der Waals surface area contributed by atoms with Gasteiger partial charge in [0.2, 0.25) is 0 Å². The molecule has 0 saturated carbocycles. The summed E-state index contributed by atoms with van der Waals surface area (Å²) in [5.41, 5.74) is 0.104. The summed E-state index contributed by atoms with van der Waals surface area (Å²) >= 11 is 0. The predicted octanol–water partition coefficient (Wildman–Crippen LogP) is -1.30. The van der Waals surface area contributed by atoms with Crippen LogP contribution in [0.4, 0.5) is 4.79 Å². The molecule has 0 aliphatic carbocycles. The van der Waals surface area contributed by atoms with Crippen LogP contribution in [0.2, 0.25) is 0 Å². The molecule has 54 valence electrons. The number of aliphatic hydroxyl groups is 1. The number of aliphatic hydroxyl groups excluding tert-OH is 1. The van der Waals surface area contributed by atoms with Gasteiger partial charge in [-0.15, -0.1) is 0 Å². The first-order chi connectivity index (χ1) is 4.74. The summed E-state index contributed by atoms with van der Waals surface area (Å²) in [6.07, 6.45) is 1.22. The first-order valence-electron chi connectivity index (χ1n) is 2.67. The van der Waals surface area contributed by atoms with Gasteiger partial charge in [0.15, 0.2) is 0 Å². The van der Waals surface area contributed by atoms with Gasteiger partial charge in [-0.2, -0.15) is 0 Å². The fourth-order valence-electron chi connectivity index (χ4n) is 0.616. The zero-order chi connectivity index (χ0) is 7.56. The number of amides is 3. The number of hydrogen-bond donors (Lipinski definition) is 3. The molecule has 10 heavy (non-hydrogen) atoms. The second-order valence-electron chi connectivity index (χ2n) is 1.71. The Hall–Kier alpha value is -1.36. The zero-order valence-corrected chi connectivity index (χ0v) is 5.05. The lowest BCUT2D eigenvalue weighted by atomic mass is 10.4. The maximum Gasteiger partial charge on any atom is 0.326 e. The first kappa shape index (κ1) is 6.76. The van der Waals surface area contributed by atoms with Crippen LogP contribution >= 0.6 is 0 Å². The standard InChI is InChI=1S/C5H6N2O3/c8-2-1-3-4(9)7-5(10)6-3/h1,8H,2H2,(H2,6,7,9,10)/b3-1+. The van der Waals surface area contributed by atoms with E-state index in [1.165, 1.54) is 6.08 Å². The van der Waals surface area contributed by atoms with E-state index in [1.807, 2.05) is 5.32 Å². The minimum Gasteiger partial charge on any atom is -0.392 e. The van der Waals surface area contributed by atoms with Crippen molar-refractivity contribution >= 4 is 11.9 Å². The second kappa shape index (κ2) is 2.49. The maximum absolute atomic E-state index is 10.6. The van der Waals surface area contributed by atoms with Crippen molar-refractivity contribution in [2.75, 3.05) is 6.61 Å². The molecule has 3 N–H and O–H groups in total. The van der Waals surface area contributed by atoms with Crippen LogP contribution in [0, 0.1) is 0 Å². The molecule has 1 fully saturated rings. The van der Waals surface area contributed by atoms with Gasteiger partial charge in [0.1, 0.15) is 5.70 Å². The molecule has 0 aromatic heterocycles. The van der Waals surface area contributed by atoms with Crippen molar-refractivity contribution in [2.45, 2.75) is 0 Å². The van der Waals surface area contributed by atoms with E-state index in [0.717, 1.165) is 0 Å². The van der Waals surface area contributed by atoms with Gasteiger partial charge in [0, 0.05) is 0 Å². The zero-order valence-electron chi connectivity index (χ0n) is 5.05. The van der Waals surface area contributed by atoms with Crippen LogP contribution < -0.4 is 10.6 Å². The number of carbonyl (C=O) groups is 2. The molecule has 0 aromatic rings. The van der Waals surface area contributed by atoms with Crippen LogP contribution in [0.1, 0.15) is 0 Å². The molecule has 0 aromatic carbocycles. The number of imide groups is 1. The molecule has 3 amide bonds. The van der Waals surface area contributed by atoms with Crippen molar-refractivity contribution in [3.63, 3.8) is 0 Å². The van der Waals surface area contributed by atoms with E-state index in [1.54, 1.807) is 0 Å². The molecule has 0 unspecified atom stereocenters. The summed E-state index contributed by atoms with van der Waals surface area (Å²) in [4.78, 5) is 21.0. The van der Waals surface area contributed by atoms with Crippen LogP contribution in [0.5, 0.6) is 0 Å². The Morgan fingerprint density at radius 1 is 1.40 bits per heavy atom. The molecule has 0 atom stereocenters. The van der Waals surface area contributed by atoms with E-state index in [9.17, 15) is 9.59 Å². The fourth-order valence-corrected chi connectivity index (χ4v) is 0.616. The molecule has 0 spiro atoms. The Kier molecular flexibility index (Phi) is 1.68. The average molecular weight is 142 g/mol. The Morgan fingerprint density at radius 2 is 2.10 bits per heavy atom. The predicted molar refractivity (Wildman–Crippen MR) is 31.8 cm³/mol. The molecule has 0 bridgehead atoms. The van der Waals surface area contributed by atoms with Crippen molar-refractivity contribution in [1.82, 2.24) is 10.6 Å². The summed E-state index contributed by atoms with van der Waals surface area (Å²) < 4.78 is 0. The van der Waals surface area contributed by atoms with Crippen LogP contribution in [0.3, 0.4) is 0 Å².